The number of nitrogens with two attached hydrogens (primary N) is 1. The zero-order valence-electron chi connectivity index (χ0n) is 10.8. The molecule has 0 aliphatic carbocycles. The summed E-state index contributed by atoms with van der Waals surface area (Å²) in [4.78, 5) is 22.4. The molecule has 0 amide bonds. The van der Waals surface area contributed by atoms with Gasteiger partial charge in [0.25, 0.3) is 0 Å². The van der Waals surface area contributed by atoms with E-state index in [4.69, 9.17) is 10.8 Å². The minimum absolute atomic E-state index is 0. The Kier molecular flexibility index (Phi) is 6.84. The molecule has 0 aliphatic rings. The van der Waals surface area contributed by atoms with Crippen LogP contribution in [0.5, 0.6) is 0 Å². The molecule has 8 heteroatoms. The molecule has 0 bridgehead atoms. The van der Waals surface area contributed by atoms with Gasteiger partial charge in [-0.1, -0.05) is 19.1 Å². The highest BCUT2D eigenvalue weighted by molar-refractivity contribution is 7.91. The molecule has 0 radical (unpaired) electrons. The Bertz CT molecular complexity index is 582. The average Bonchev–Trinajstić information content (AvgIpc) is 2.38. The number of Topliss-reactive ketones (excluding diaryl/α,β-unsaturated/α-hetero) is 1. The van der Waals surface area contributed by atoms with Gasteiger partial charge in [-0.25, -0.2) is 8.42 Å². The summed E-state index contributed by atoms with van der Waals surface area (Å²) in [5.41, 5.74) is 5.50. The van der Waals surface area contributed by atoms with Crippen molar-refractivity contribution in [2.75, 3.05) is 5.75 Å². The van der Waals surface area contributed by atoms with Crippen LogP contribution in [-0.2, 0) is 14.6 Å². The number of carboxylic acid groups (broad SMARTS) is 1. The number of halogens is 1. The summed E-state index contributed by atoms with van der Waals surface area (Å²) in [7, 11) is -3.31. The topological polar surface area (TPSA) is 115 Å². The normalized spacial score (nSPS) is 12.3. The Labute approximate surface area is 123 Å². The lowest BCUT2D eigenvalue weighted by atomic mass is 10.0. The van der Waals surface area contributed by atoms with Crippen LogP contribution in [0.1, 0.15) is 23.7 Å². The van der Waals surface area contributed by atoms with E-state index in [1.807, 2.05) is 0 Å². The van der Waals surface area contributed by atoms with E-state index in [0.29, 0.717) is 0 Å². The highest BCUT2D eigenvalue weighted by Crippen LogP contribution is 2.13. The number of hydrogen-bond acceptors (Lipinski definition) is 5. The van der Waals surface area contributed by atoms with Crippen molar-refractivity contribution in [3.05, 3.63) is 29.8 Å². The number of carboxylic acids is 1. The zero-order chi connectivity index (χ0) is 14.6. The van der Waals surface area contributed by atoms with E-state index in [1.54, 1.807) is 0 Å². The van der Waals surface area contributed by atoms with Crippen LogP contribution >= 0.6 is 12.4 Å². The van der Waals surface area contributed by atoms with Crippen molar-refractivity contribution in [2.24, 2.45) is 5.73 Å². The molecule has 6 nitrogen and oxygen atoms in total. The molecule has 0 saturated carbocycles. The molecule has 0 saturated heterocycles. The van der Waals surface area contributed by atoms with Crippen LogP contribution in [0.25, 0.3) is 0 Å². The number of hydrogen-bond donors (Lipinski definition) is 2. The smallest absolute Gasteiger partial charge is 0.320 e. The van der Waals surface area contributed by atoms with E-state index < -0.39 is 27.6 Å². The average molecular weight is 322 g/mol. The Morgan fingerprint density at radius 3 is 2.15 bits per heavy atom. The van der Waals surface area contributed by atoms with Gasteiger partial charge < -0.3 is 10.8 Å². The molecule has 1 rings (SSSR count). The van der Waals surface area contributed by atoms with E-state index in [9.17, 15) is 18.0 Å². The number of rotatable bonds is 6. The van der Waals surface area contributed by atoms with Crippen molar-refractivity contribution in [1.29, 1.82) is 0 Å². The molecule has 1 aromatic rings. The van der Waals surface area contributed by atoms with Crippen molar-refractivity contribution >= 4 is 34.0 Å². The van der Waals surface area contributed by atoms with Crippen LogP contribution in [0.3, 0.4) is 0 Å². The highest BCUT2D eigenvalue weighted by Gasteiger charge is 2.18. The summed E-state index contributed by atoms with van der Waals surface area (Å²) in [6, 6.07) is 4.13. The van der Waals surface area contributed by atoms with Crippen LogP contribution in [0.4, 0.5) is 0 Å². The Morgan fingerprint density at radius 2 is 1.75 bits per heavy atom. The van der Waals surface area contributed by atoms with Gasteiger partial charge in [0.15, 0.2) is 15.6 Å². The minimum atomic E-state index is -3.31. The summed E-state index contributed by atoms with van der Waals surface area (Å²) >= 11 is 0. The SMILES string of the molecule is CCS(=O)(=O)c1ccc(C(=O)C[C@H](N)C(=O)O)cc1.Cl. The lowest BCUT2D eigenvalue weighted by Crippen LogP contribution is -2.32. The maximum atomic E-state index is 11.7. The van der Waals surface area contributed by atoms with Gasteiger partial charge in [-0.3, -0.25) is 9.59 Å². The molecule has 0 spiro atoms. The lowest BCUT2D eigenvalue weighted by Gasteiger charge is -2.06. The second-order valence-corrected chi connectivity index (χ2v) is 6.28. The number of ketones is 1. The molecule has 3 N–H and O–H groups in total. The number of sulfone groups is 1. The second kappa shape index (κ2) is 7.37. The monoisotopic (exact) mass is 321 g/mol. The molecule has 0 unspecified atom stereocenters. The second-order valence-electron chi connectivity index (χ2n) is 4.00. The van der Waals surface area contributed by atoms with Crippen molar-refractivity contribution in [3.8, 4) is 0 Å². The van der Waals surface area contributed by atoms with E-state index in [-0.39, 0.29) is 35.0 Å². The third kappa shape index (κ3) is 4.59. The van der Waals surface area contributed by atoms with Crippen LogP contribution in [0.15, 0.2) is 29.2 Å². The molecule has 1 atom stereocenters. The fraction of sp³-hybridized carbons (Fsp3) is 0.333. The van der Waals surface area contributed by atoms with Crippen LogP contribution < -0.4 is 5.73 Å². The van der Waals surface area contributed by atoms with Gasteiger partial charge in [-0.05, 0) is 12.1 Å². The van der Waals surface area contributed by atoms with Crippen molar-refractivity contribution in [1.82, 2.24) is 0 Å². The minimum Gasteiger partial charge on any atom is -0.480 e. The molecule has 0 aliphatic heterocycles. The molecule has 0 heterocycles. The fourth-order valence-corrected chi connectivity index (χ4v) is 2.30. The third-order valence-corrected chi connectivity index (χ3v) is 4.39. The third-order valence-electron chi connectivity index (χ3n) is 2.64. The molecular formula is C12H16ClNO5S. The first-order valence-corrected chi connectivity index (χ1v) is 7.27. The molecule has 0 aromatic heterocycles. The van der Waals surface area contributed by atoms with E-state index in [2.05, 4.69) is 0 Å². The predicted molar refractivity (Wildman–Crippen MR) is 76.0 cm³/mol. The molecule has 0 fully saturated rings. The largest absolute Gasteiger partial charge is 0.480 e. The molecule has 20 heavy (non-hydrogen) atoms. The maximum Gasteiger partial charge on any atom is 0.320 e. The fourth-order valence-electron chi connectivity index (χ4n) is 1.42. The van der Waals surface area contributed by atoms with Crippen LogP contribution in [0, 0.1) is 0 Å². The Morgan fingerprint density at radius 1 is 1.25 bits per heavy atom. The number of aliphatic carboxylic acids is 1. The standard InChI is InChI=1S/C12H15NO5S.ClH/c1-2-19(17,18)9-5-3-8(4-6-9)11(14)7-10(13)12(15)16;/h3-6,10H,2,7,13H2,1H3,(H,15,16);1H/t10-;/m0./s1. The summed E-state index contributed by atoms with van der Waals surface area (Å²) < 4.78 is 23.1. The Hall–Kier alpha value is -1.44. The van der Waals surface area contributed by atoms with Crippen molar-refractivity contribution in [3.63, 3.8) is 0 Å². The van der Waals surface area contributed by atoms with Crippen LogP contribution in [-0.4, -0.2) is 37.1 Å². The van der Waals surface area contributed by atoms with Gasteiger partial charge in [-0.15, -0.1) is 12.4 Å². The zero-order valence-corrected chi connectivity index (χ0v) is 12.4. The van der Waals surface area contributed by atoms with E-state index in [1.165, 1.54) is 31.2 Å². The van der Waals surface area contributed by atoms with Gasteiger partial charge in [0.1, 0.15) is 6.04 Å². The first-order valence-electron chi connectivity index (χ1n) is 5.62. The highest BCUT2D eigenvalue weighted by atomic mass is 35.5. The van der Waals surface area contributed by atoms with Gasteiger partial charge in [0, 0.05) is 12.0 Å². The van der Waals surface area contributed by atoms with Gasteiger partial charge in [-0.2, -0.15) is 0 Å². The first-order chi connectivity index (χ1) is 8.77. The van der Waals surface area contributed by atoms with Crippen LogP contribution in [0.2, 0.25) is 0 Å². The van der Waals surface area contributed by atoms with Crippen molar-refractivity contribution in [2.45, 2.75) is 24.3 Å². The summed E-state index contributed by atoms with van der Waals surface area (Å²) in [6.45, 7) is 1.53. The van der Waals surface area contributed by atoms with Crippen molar-refractivity contribution < 1.29 is 23.1 Å². The number of carbonyl (C=O) groups is 2. The van der Waals surface area contributed by atoms with Gasteiger partial charge in [0.2, 0.25) is 0 Å². The molecule has 112 valence electrons. The number of benzene rings is 1. The summed E-state index contributed by atoms with van der Waals surface area (Å²) in [5.74, 6) is -1.71. The summed E-state index contributed by atoms with van der Waals surface area (Å²) in [6.07, 6.45) is -0.324. The maximum absolute atomic E-state index is 11.7. The van der Waals surface area contributed by atoms with E-state index >= 15 is 0 Å². The van der Waals surface area contributed by atoms with Gasteiger partial charge in [0.05, 0.1) is 10.6 Å². The summed E-state index contributed by atoms with van der Waals surface area (Å²) in [5, 5.41) is 8.60. The Balaban J connectivity index is 0.00000361. The lowest BCUT2D eigenvalue weighted by molar-refractivity contribution is -0.138. The first kappa shape index (κ1) is 18.6. The predicted octanol–water partition coefficient (Wildman–Crippen LogP) is 0.887. The molecule has 1 aromatic carbocycles. The quantitative estimate of drug-likeness (QED) is 0.752. The van der Waals surface area contributed by atoms with E-state index in [0.717, 1.165) is 0 Å². The number of carbonyl (C=O) groups excluding carboxylic acids is 1. The molecular weight excluding hydrogens is 306 g/mol. The van der Waals surface area contributed by atoms with Gasteiger partial charge >= 0.3 is 5.97 Å².